The Morgan fingerprint density at radius 1 is 0.933 bits per heavy atom. The van der Waals surface area contributed by atoms with E-state index in [1.54, 1.807) is 0 Å². The van der Waals surface area contributed by atoms with Crippen LogP contribution < -0.4 is 5.73 Å². The lowest BCUT2D eigenvalue weighted by Crippen LogP contribution is -1.90. The first-order chi connectivity index (χ1) is 7.25. The van der Waals surface area contributed by atoms with E-state index in [-0.39, 0.29) is 0 Å². The molecule has 0 aliphatic heterocycles. The Morgan fingerprint density at radius 3 is 2.27 bits per heavy atom. The number of benzene rings is 2. The number of halogens is 1. The summed E-state index contributed by atoms with van der Waals surface area (Å²) in [7, 11) is 0. The first-order valence-corrected chi connectivity index (χ1v) is 5.63. The Hall–Kier alpha value is -1.28. The molecule has 0 saturated heterocycles. The van der Waals surface area contributed by atoms with Gasteiger partial charge in [0.15, 0.2) is 0 Å². The lowest BCUT2D eigenvalue weighted by molar-refractivity contribution is 1.18. The van der Waals surface area contributed by atoms with E-state index in [0.29, 0.717) is 0 Å². The van der Waals surface area contributed by atoms with E-state index in [1.165, 1.54) is 11.1 Å². The SMILES string of the molecule is Nc1ccc(Cc2ccccc2Br)cc1. The number of nitrogens with two attached hydrogens (primary N) is 1. The molecule has 0 fully saturated rings. The second-order valence-corrected chi connectivity index (χ2v) is 4.36. The predicted octanol–water partition coefficient (Wildman–Crippen LogP) is 3.62. The standard InChI is InChI=1S/C13H12BrN/c14-13-4-2-1-3-11(13)9-10-5-7-12(15)8-6-10/h1-8H,9,15H2. The summed E-state index contributed by atoms with van der Waals surface area (Å²) in [5.41, 5.74) is 9.02. The van der Waals surface area contributed by atoms with Crippen LogP contribution in [0.15, 0.2) is 53.0 Å². The molecule has 1 nitrogen and oxygen atoms in total. The van der Waals surface area contributed by atoms with Crippen molar-refractivity contribution < 1.29 is 0 Å². The highest BCUT2D eigenvalue weighted by Crippen LogP contribution is 2.19. The molecule has 0 amide bonds. The zero-order valence-corrected chi connectivity index (χ0v) is 9.87. The lowest BCUT2D eigenvalue weighted by atomic mass is 10.1. The quantitative estimate of drug-likeness (QED) is 0.822. The maximum absolute atomic E-state index is 5.64. The largest absolute Gasteiger partial charge is 0.399 e. The van der Waals surface area contributed by atoms with Gasteiger partial charge in [-0.15, -0.1) is 0 Å². The van der Waals surface area contributed by atoms with Crippen molar-refractivity contribution in [3.63, 3.8) is 0 Å². The van der Waals surface area contributed by atoms with Crippen LogP contribution in [0.4, 0.5) is 5.69 Å². The molecule has 2 heteroatoms. The van der Waals surface area contributed by atoms with Crippen LogP contribution in [0, 0.1) is 0 Å². The summed E-state index contributed by atoms with van der Waals surface area (Å²) < 4.78 is 1.15. The molecule has 0 atom stereocenters. The van der Waals surface area contributed by atoms with Gasteiger partial charge in [-0.05, 0) is 35.7 Å². The van der Waals surface area contributed by atoms with Crippen molar-refractivity contribution in [3.05, 3.63) is 64.1 Å². The van der Waals surface area contributed by atoms with Crippen molar-refractivity contribution >= 4 is 21.6 Å². The Bertz CT molecular complexity index is 448. The van der Waals surface area contributed by atoms with E-state index in [0.717, 1.165) is 16.6 Å². The molecule has 0 spiro atoms. The fourth-order valence-corrected chi connectivity index (χ4v) is 1.92. The third kappa shape index (κ3) is 2.60. The van der Waals surface area contributed by atoms with Crippen LogP contribution in [-0.4, -0.2) is 0 Å². The average Bonchev–Trinajstić information content (AvgIpc) is 2.25. The van der Waals surface area contributed by atoms with E-state index in [1.807, 2.05) is 18.2 Å². The Kier molecular flexibility index (Phi) is 3.07. The maximum Gasteiger partial charge on any atom is 0.0314 e. The summed E-state index contributed by atoms with van der Waals surface area (Å²) in [6.07, 6.45) is 0.932. The summed E-state index contributed by atoms with van der Waals surface area (Å²) in [5.74, 6) is 0. The zero-order valence-electron chi connectivity index (χ0n) is 8.28. The summed E-state index contributed by atoms with van der Waals surface area (Å²) >= 11 is 3.54. The second-order valence-electron chi connectivity index (χ2n) is 3.51. The van der Waals surface area contributed by atoms with Gasteiger partial charge in [0.05, 0.1) is 0 Å². The number of hydrogen-bond acceptors (Lipinski definition) is 1. The van der Waals surface area contributed by atoms with Crippen LogP contribution in [0.2, 0.25) is 0 Å². The topological polar surface area (TPSA) is 26.0 Å². The minimum absolute atomic E-state index is 0.811. The fraction of sp³-hybridized carbons (Fsp3) is 0.0769. The third-order valence-electron chi connectivity index (χ3n) is 2.33. The number of rotatable bonds is 2. The molecule has 2 N–H and O–H groups in total. The summed E-state index contributed by atoms with van der Waals surface area (Å²) in [4.78, 5) is 0. The number of nitrogen functional groups attached to an aromatic ring is 1. The van der Waals surface area contributed by atoms with Crippen molar-refractivity contribution in [2.24, 2.45) is 0 Å². The van der Waals surface area contributed by atoms with Gasteiger partial charge in [-0.2, -0.15) is 0 Å². The molecule has 0 saturated carbocycles. The number of anilines is 1. The summed E-state index contributed by atoms with van der Waals surface area (Å²) in [6.45, 7) is 0. The highest BCUT2D eigenvalue weighted by molar-refractivity contribution is 9.10. The molecule has 2 aromatic rings. The van der Waals surface area contributed by atoms with Crippen LogP contribution in [0.1, 0.15) is 11.1 Å². The van der Waals surface area contributed by atoms with Crippen LogP contribution in [0.3, 0.4) is 0 Å². The van der Waals surface area contributed by atoms with E-state index >= 15 is 0 Å². The van der Waals surface area contributed by atoms with Gasteiger partial charge in [-0.25, -0.2) is 0 Å². The van der Waals surface area contributed by atoms with E-state index in [4.69, 9.17) is 5.73 Å². The van der Waals surface area contributed by atoms with Gasteiger partial charge >= 0.3 is 0 Å². The van der Waals surface area contributed by atoms with Crippen molar-refractivity contribution in [2.75, 3.05) is 5.73 Å². The molecular weight excluding hydrogens is 250 g/mol. The van der Waals surface area contributed by atoms with Crippen LogP contribution in [-0.2, 0) is 6.42 Å². The van der Waals surface area contributed by atoms with Gasteiger partial charge in [-0.3, -0.25) is 0 Å². The molecule has 0 bridgehead atoms. The predicted molar refractivity (Wildman–Crippen MR) is 67.8 cm³/mol. The molecular formula is C13H12BrN. The fourth-order valence-electron chi connectivity index (χ4n) is 1.50. The molecule has 0 aliphatic rings. The van der Waals surface area contributed by atoms with Crippen molar-refractivity contribution in [2.45, 2.75) is 6.42 Å². The van der Waals surface area contributed by atoms with Crippen molar-refractivity contribution in [3.8, 4) is 0 Å². The van der Waals surface area contributed by atoms with Crippen LogP contribution in [0.5, 0.6) is 0 Å². The first kappa shape index (κ1) is 10.2. The second kappa shape index (κ2) is 4.49. The minimum atomic E-state index is 0.811. The molecule has 0 aromatic heterocycles. The average molecular weight is 262 g/mol. The van der Waals surface area contributed by atoms with Gasteiger partial charge in [-0.1, -0.05) is 46.3 Å². The highest BCUT2D eigenvalue weighted by atomic mass is 79.9. The van der Waals surface area contributed by atoms with Gasteiger partial charge in [0, 0.05) is 10.2 Å². The molecule has 2 rings (SSSR count). The van der Waals surface area contributed by atoms with E-state index in [9.17, 15) is 0 Å². The summed E-state index contributed by atoms with van der Waals surface area (Å²) in [5, 5.41) is 0. The lowest BCUT2D eigenvalue weighted by Gasteiger charge is -2.04. The third-order valence-corrected chi connectivity index (χ3v) is 3.11. The molecule has 0 aliphatic carbocycles. The first-order valence-electron chi connectivity index (χ1n) is 4.83. The minimum Gasteiger partial charge on any atom is -0.399 e. The Morgan fingerprint density at radius 2 is 1.60 bits per heavy atom. The van der Waals surface area contributed by atoms with Crippen molar-refractivity contribution in [1.82, 2.24) is 0 Å². The van der Waals surface area contributed by atoms with Gasteiger partial charge in [0.1, 0.15) is 0 Å². The summed E-state index contributed by atoms with van der Waals surface area (Å²) in [6, 6.07) is 16.3. The molecule has 0 unspecified atom stereocenters. The number of hydrogen-bond donors (Lipinski definition) is 1. The molecule has 76 valence electrons. The van der Waals surface area contributed by atoms with Gasteiger partial charge < -0.3 is 5.73 Å². The van der Waals surface area contributed by atoms with Crippen molar-refractivity contribution in [1.29, 1.82) is 0 Å². The molecule has 0 heterocycles. The Labute approximate surface area is 98.1 Å². The highest BCUT2D eigenvalue weighted by Gasteiger charge is 1.99. The zero-order chi connectivity index (χ0) is 10.7. The maximum atomic E-state index is 5.64. The van der Waals surface area contributed by atoms with Gasteiger partial charge in [0.2, 0.25) is 0 Å². The van der Waals surface area contributed by atoms with E-state index in [2.05, 4.69) is 46.3 Å². The smallest absolute Gasteiger partial charge is 0.0314 e. The molecule has 15 heavy (non-hydrogen) atoms. The van der Waals surface area contributed by atoms with E-state index < -0.39 is 0 Å². The van der Waals surface area contributed by atoms with Crippen LogP contribution >= 0.6 is 15.9 Å². The monoisotopic (exact) mass is 261 g/mol. The Balaban J connectivity index is 2.22. The normalized spacial score (nSPS) is 10.2. The molecule has 0 radical (unpaired) electrons. The van der Waals surface area contributed by atoms with Gasteiger partial charge in [0.25, 0.3) is 0 Å². The van der Waals surface area contributed by atoms with Crippen LogP contribution in [0.25, 0.3) is 0 Å². The molecule has 2 aromatic carbocycles.